The molecule has 0 aromatic carbocycles. The van der Waals surface area contributed by atoms with Gasteiger partial charge in [-0.2, -0.15) is 0 Å². The molecule has 0 bridgehead atoms. The Balaban J connectivity index is 1.92. The monoisotopic (exact) mass is 272 g/mol. The lowest BCUT2D eigenvalue weighted by Gasteiger charge is -2.41. The van der Waals surface area contributed by atoms with Gasteiger partial charge in [0.25, 0.3) is 5.91 Å². The number of aliphatic hydroxyl groups excluding tert-OH is 1. The molecular formula is C16H20N2O2. The second kappa shape index (κ2) is 6.53. The SMILES string of the molecule is CCC1(CNC(=O)c2ccc(C#CCO)cn2)CCC1. The normalized spacial score (nSPS) is 15.7. The topological polar surface area (TPSA) is 62.2 Å². The summed E-state index contributed by atoms with van der Waals surface area (Å²) in [5, 5.41) is 11.6. The fourth-order valence-electron chi connectivity index (χ4n) is 2.43. The molecule has 106 valence electrons. The molecule has 1 amide bonds. The Morgan fingerprint density at radius 2 is 2.30 bits per heavy atom. The van der Waals surface area contributed by atoms with Gasteiger partial charge in [0.15, 0.2) is 0 Å². The fraction of sp³-hybridized carbons (Fsp3) is 0.500. The van der Waals surface area contributed by atoms with E-state index in [0.29, 0.717) is 16.7 Å². The predicted molar refractivity (Wildman–Crippen MR) is 77.1 cm³/mol. The van der Waals surface area contributed by atoms with Crippen LogP contribution in [-0.4, -0.2) is 29.1 Å². The summed E-state index contributed by atoms with van der Waals surface area (Å²) in [4.78, 5) is 16.1. The van der Waals surface area contributed by atoms with Gasteiger partial charge in [-0.25, -0.2) is 4.98 Å². The first-order chi connectivity index (χ1) is 9.69. The van der Waals surface area contributed by atoms with Gasteiger partial charge in [0.05, 0.1) is 0 Å². The number of pyridine rings is 1. The Bertz CT molecular complexity index is 516. The Hall–Kier alpha value is -1.86. The molecule has 0 spiro atoms. The molecule has 0 atom stereocenters. The number of nitrogens with zero attached hydrogens (tertiary/aromatic N) is 1. The highest BCUT2D eigenvalue weighted by Gasteiger charge is 2.35. The number of carbonyl (C=O) groups is 1. The summed E-state index contributed by atoms with van der Waals surface area (Å²) in [6.07, 6.45) is 6.33. The first kappa shape index (κ1) is 14.5. The van der Waals surface area contributed by atoms with Crippen LogP contribution in [0.4, 0.5) is 0 Å². The van der Waals surface area contributed by atoms with Crippen LogP contribution in [0.2, 0.25) is 0 Å². The summed E-state index contributed by atoms with van der Waals surface area (Å²) >= 11 is 0. The molecule has 2 N–H and O–H groups in total. The number of rotatable bonds is 4. The van der Waals surface area contributed by atoms with E-state index in [0.717, 1.165) is 13.0 Å². The smallest absolute Gasteiger partial charge is 0.269 e. The molecule has 1 aromatic rings. The van der Waals surface area contributed by atoms with Gasteiger partial charge in [0, 0.05) is 18.3 Å². The van der Waals surface area contributed by atoms with Gasteiger partial charge in [-0.1, -0.05) is 25.2 Å². The number of amides is 1. The lowest BCUT2D eigenvalue weighted by atomic mass is 9.67. The van der Waals surface area contributed by atoms with Crippen molar-refractivity contribution in [1.82, 2.24) is 10.3 Å². The van der Waals surface area contributed by atoms with E-state index in [1.165, 1.54) is 19.3 Å². The van der Waals surface area contributed by atoms with Crippen LogP contribution in [-0.2, 0) is 0 Å². The van der Waals surface area contributed by atoms with Gasteiger partial charge in [0.2, 0.25) is 0 Å². The molecular weight excluding hydrogens is 252 g/mol. The van der Waals surface area contributed by atoms with Gasteiger partial charge in [0.1, 0.15) is 12.3 Å². The van der Waals surface area contributed by atoms with Crippen molar-refractivity contribution in [3.05, 3.63) is 29.6 Å². The van der Waals surface area contributed by atoms with E-state index in [4.69, 9.17) is 5.11 Å². The highest BCUT2D eigenvalue weighted by molar-refractivity contribution is 5.92. The predicted octanol–water partition coefficient (Wildman–Crippen LogP) is 1.74. The van der Waals surface area contributed by atoms with E-state index in [1.807, 2.05) is 0 Å². The van der Waals surface area contributed by atoms with Crippen molar-refractivity contribution in [2.24, 2.45) is 5.41 Å². The zero-order valence-electron chi connectivity index (χ0n) is 11.8. The zero-order valence-corrected chi connectivity index (χ0v) is 11.8. The van der Waals surface area contributed by atoms with Crippen LogP contribution in [0.15, 0.2) is 18.3 Å². The molecule has 1 aliphatic carbocycles. The minimum absolute atomic E-state index is 0.133. The molecule has 20 heavy (non-hydrogen) atoms. The van der Waals surface area contributed by atoms with Gasteiger partial charge in [-0.05, 0) is 36.8 Å². The highest BCUT2D eigenvalue weighted by Crippen LogP contribution is 2.43. The third kappa shape index (κ3) is 3.37. The lowest BCUT2D eigenvalue weighted by Crippen LogP contribution is -2.41. The Kier molecular flexibility index (Phi) is 4.75. The maximum absolute atomic E-state index is 12.0. The summed E-state index contributed by atoms with van der Waals surface area (Å²) in [5.74, 6) is 5.16. The van der Waals surface area contributed by atoms with Crippen LogP contribution < -0.4 is 5.32 Å². The van der Waals surface area contributed by atoms with Crippen molar-refractivity contribution in [3.63, 3.8) is 0 Å². The fourth-order valence-corrected chi connectivity index (χ4v) is 2.43. The number of aromatic nitrogens is 1. The third-order valence-electron chi connectivity index (χ3n) is 4.10. The minimum atomic E-state index is -0.179. The molecule has 1 aliphatic rings. The number of carbonyl (C=O) groups excluding carboxylic acids is 1. The van der Waals surface area contributed by atoms with E-state index in [-0.39, 0.29) is 12.5 Å². The molecule has 4 heteroatoms. The average Bonchev–Trinajstić information content (AvgIpc) is 2.45. The highest BCUT2D eigenvalue weighted by atomic mass is 16.2. The second-order valence-corrected chi connectivity index (χ2v) is 5.28. The van der Waals surface area contributed by atoms with Gasteiger partial charge < -0.3 is 10.4 Å². The first-order valence-electron chi connectivity index (χ1n) is 7.03. The molecule has 2 rings (SSSR count). The van der Waals surface area contributed by atoms with Crippen LogP contribution in [0, 0.1) is 17.3 Å². The first-order valence-corrected chi connectivity index (χ1v) is 7.03. The number of hydrogen-bond acceptors (Lipinski definition) is 3. The maximum Gasteiger partial charge on any atom is 0.269 e. The molecule has 0 unspecified atom stereocenters. The molecule has 1 heterocycles. The van der Waals surface area contributed by atoms with Crippen molar-refractivity contribution < 1.29 is 9.90 Å². The summed E-state index contributed by atoms with van der Waals surface area (Å²) < 4.78 is 0. The van der Waals surface area contributed by atoms with E-state index in [9.17, 15) is 4.79 Å². The summed E-state index contributed by atoms with van der Waals surface area (Å²) in [6.45, 7) is 2.73. The summed E-state index contributed by atoms with van der Waals surface area (Å²) in [7, 11) is 0. The van der Waals surface area contributed by atoms with Crippen LogP contribution in [0.5, 0.6) is 0 Å². The van der Waals surface area contributed by atoms with Crippen LogP contribution >= 0.6 is 0 Å². The third-order valence-corrected chi connectivity index (χ3v) is 4.10. The molecule has 0 radical (unpaired) electrons. The Labute approximate surface area is 119 Å². The van der Waals surface area contributed by atoms with E-state index in [1.54, 1.807) is 18.3 Å². The van der Waals surface area contributed by atoms with Crippen LogP contribution in [0.3, 0.4) is 0 Å². The molecule has 1 fully saturated rings. The Morgan fingerprint density at radius 3 is 2.80 bits per heavy atom. The molecule has 0 aliphatic heterocycles. The average molecular weight is 272 g/mol. The number of aliphatic hydroxyl groups is 1. The summed E-state index contributed by atoms with van der Waals surface area (Å²) in [6, 6.07) is 3.40. The second-order valence-electron chi connectivity index (χ2n) is 5.28. The summed E-state index contributed by atoms with van der Waals surface area (Å²) in [5.41, 5.74) is 1.41. The molecule has 1 aromatic heterocycles. The van der Waals surface area contributed by atoms with Crippen molar-refractivity contribution in [2.45, 2.75) is 32.6 Å². The van der Waals surface area contributed by atoms with E-state index in [2.05, 4.69) is 29.1 Å². The quantitative estimate of drug-likeness (QED) is 0.821. The molecule has 4 nitrogen and oxygen atoms in total. The van der Waals surface area contributed by atoms with Crippen LogP contribution in [0.25, 0.3) is 0 Å². The number of nitrogens with one attached hydrogen (secondary N) is 1. The van der Waals surface area contributed by atoms with E-state index >= 15 is 0 Å². The maximum atomic E-state index is 12.0. The number of hydrogen-bond donors (Lipinski definition) is 2. The van der Waals surface area contributed by atoms with Crippen molar-refractivity contribution >= 4 is 5.91 Å². The van der Waals surface area contributed by atoms with Crippen molar-refractivity contribution in [3.8, 4) is 11.8 Å². The van der Waals surface area contributed by atoms with Gasteiger partial charge >= 0.3 is 0 Å². The minimum Gasteiger partial charge on any atom is -0.384 e. The van der Waals surface area contributed by atoms with Gasteiger partial charge in [-0.3, -0.25) is 4.79 Å². The van der Waals surface area contributed by atoms with Crippen LogP contribution in [0.1, 0.15) is 48.7 Å². The Morgan fingerprint density at radius 1 is 1.50 bits per heavy atom. The largest absolute Gasteiger partial charge is 0.384 e. The molecule has 0 saturated heterocycles. The standard InChI is InChI=1S/C16H20N2O2/c1-2-16(8-4-9-16)12-18-15(20)14-7-6-13(11-17-14)5-3-10-19/h6-7,11,19H,2,4,8-10,12H2,1H3,(H,18,20). The van der Waals surface area contributed by atoms with Crippen molar-refractivity contribution in [2.75, 3.05) is 13.2 Å². The van der Waals surface area contributed by atoms with Crippen molar-refractivity contribution in [1.29, 1.82) is 0 Å². The zero-order chi connectivity index (χ0) is 14.4. The molecule has 1 saturated carbocycles. The van der Waals surface area contributed by atoms with E-state index < -0.39 is 0 Å². The lowest BCUT2D eigenvalue weighted by molar-refractivity contribution is 0.0845. The van der Waals surface area contributed by atoms with Gasteiger partial charge in [-0.15, -0.1) is 0 Å².